The summed E-state index contributed by atoms with van der Waals surface area (Å²) in [5.74, 6) is 0.447. The Balaban J connectivity index is 1.49. The van der Waals surface area contributed by atoms with Crippen LogP contribution < -0.4 is 26.2 Å². The highest BCUT2D eigenvalue weighted by Crippen LogP contribution is 2.46. The van der Waals surface area contributed by atoms with Crippen molar-refractivity contribution in [3.63, 3.8) is 0 Å². The Bertz CT molecular complexity index is 2130. The van der Waals surface area contributed by atoms with Crippen molar-refractivity contribution in [2.24, 2.45) is 0 Å². The summed E-state index contributed by atoms with van der Waals surface area (Å²) in [5, 5.41) is 29.7. The van der Waals surface area contributed by atoms with Crippen LogP contribution in [0.1, 0.15) is 60.3 Å². The van der Waals surface area contributed by atoms with Crippen molar-refractivity contribution >= 4 is 57.2 Å². The molecule has 45 heavy (non-hydrogen) atoms. The van der Waals surface area contributed by atoms with E-state index < -0.39 is 0 Å². The van der Waals surface area contributed by atoms with Crippen molar-refractivity contribution < 1.29 is 0 Å². The molecule has 2 heterocycles. The summed E-state index contributed by atoms with van der Waals surface area (Å²) in [6.45, 7) is -0.0554. The predicted octanol–water partition coefficient (Wildman–Crippen LogP) is 7.43. The van der Waals surface area contributed by atoms with Gasteiger partial charge in [-0.05, 0) is 107 Å². The molecule has 2 aliphatic heterocycles. The Labute approximate surface area is 263 Å². The highest BCUT2D eigenvalue weighted by atomic mass is 15.2. The number of anilines is 6. The number of fused-ring (bicyclic) bond motifs is 4. The number of benzene rings is 5. The van der Waals surface area contributed by atoms with E-state index in [0.29, 0.717) is 22.6 Å². The molecular formula is C39H28BN5. The lowest BCUT2D eigenvalue weighted by Gasteiger charge is -2.45. The van der Waals surface area contributed by atoms with Crippen molar-refractivity contribution in [2.75, 3.05) is 9.80 Å². The van der Waals surface area contributed by atoms with Crippen molar-refractivity contribution in [1.29, 1.82) is 15.8 Å². The maximum atomic E-state index is 9.99. The van der Waals surface area contributed by atoms with Crippen LogP contribution in [0.15, 0.2) is 103 Å². The van der Waals surface area contributed by atoms with E-state index in [-0.39, 0.29) is 6.71 Å². The molecule has 5 nitrogen and oxygen atoms in total. The lowest BCUT2D eigenvalue weighted by molar-refractivity contribution is 0.444. The van der Waals surface area contributed by atoms with E-state index in [9.17, 15) is 15.8 Å². The number of nitrogens with zero attached hydrogens (tertiary/aromatic N) is 5. The van der Waals surface area contributed by atoms with Crippen LogP contribution in [0.5, 0.6) is 0 Å². The molecule has 6 heteroatoms. The maximum Gasteiger partial charge on any atom is 0.252 e. The van der Waals surface area contributed by atoms with Crippen LogP contribution in [0, 0.1) is 34.0 Å². The molecule has 0 radical (unpaired) electrons. The summed E-state index contributed by atoms with van der Waals surface area (Å²) in [7, 11) is 0. The zero-order valence-corrected chi connectivity index (χ0v) is 24.7. The van der Waals surface area contributed by atoms with E-state index in [2.05, 4.69) is 82.6 Å². The second kappa shape index (κ2) is 10.7. The summed E-state index contributed by atoms with van der Waals surface area (Å²) < 4.78 is 0. The van der Waals surface area contributed by atoms with Crippen molar-refractivity contribution in [1.82, 2.24) is 0 Å². The lowest BCUT2D eigenvalue weighted by atomic mass is 9.33. The Morgan fingerprint density at radius 1 is 0.533 bits per heavy atom. The molecule has 1 saturated carbocycles. The first-order chi connectivity index (χ1) is 22.2. The fourth-order valence-electron chi connectivity index (χ4n) is 7.69. The SMILES string of the molecule is N#Cc1cccc(N2c3ccccc3B3c4ccc(C#N)cc4N(c4cccc(C#N)c4)c4cc(C5CCCCC5)cc2c43)c1. The molecule has 212 valence electrons. The quantitative estimate of drug-likeness (QED) is 0.204. The second-order valence-electron chi connectivity index (χ2n) is 12.2. The number of hydrogen-bond acceptors (Lipinski definition) is 5. The molecule has 1 aliphatic carbocycles. The molecular weight excluding hydrogens is 549 g/mol. The number of para-hydroxylation sites is 1. The number of nitriles is 3. The predicted molar refractivity (Wildman–Crippen MR) is 180 cm³/mol. The average molecular weight is 578 g/mol. The van der Waals surface area contributed by atoms with Gasteiger partial charge in [0.05, 0.1) is 34.9 Å². The molecule has 0 spiro atoms. The highest BCUT2D eigenvalue weighted by Gasteiger charge is 2.43. The van der Waals surface area contributed by atoms with Gasteiger partial charge in [-0.2, -0.15) is 15.8 Å². The van der Waals surface area contributed by atoms with E-state index in [1.165, 1.54) is 35.8 Å². The smallest absolute Gasteiger partial charge is 0.252 e. The van der Waals surface area contributed by atoms with Gasteiger partial charge in [0.25, 0.3) is 6.71 Å². The minimum Gasteiger partial charge on any atom is -0.311 e. The van der Waals surface area contributed by atoms with Crippen LogP contribution in [0.3, 0.4) is 0 Å². The molecule has 5 aromatic carbocycles. The third kappa shape index (κ3) is 4.29. The Hall–Kier alpha value is -5.77. The van der Waals surface area contributed by atoms with Gasteiger partial charge >= 0.3 is 0 Å². The van der Waals surface area contributed by atoms with E-state index in [1.807, 2.05) is 48.5 Å². The minimum absolute atomic E-state index is 0.0554. The van der Waals surface area contributed by atoms with Crippen LogP contribution in [-0.4, -0.2) is 6.71 Å². The van der Waals surface area contributed by atoms with Crippen LogP contribution in [0.4, 0.5) is 34.1 Å². The molecule has 0 amide bonds. The first kappa shape index (κ1) is 26.8. The van der Waals surface area contributed by atoms with Gasteiger partial charge in [-0.15, -0.1) is 0 Å². The zero-order chi connectivity index (χ0) is 30.5. The summed E-state index contributed by atoms with van der Waals surface area (Å²) >= 11 is 0. The van der Waals surface area contributed by atoms with Crippen LogP contribution in [0.25, 0.3) is 0 Å². The fourth-order valence-corrected chi connectivity index (χ4v) is 7.69. The Kier molecular flexibility index (Phi) is 6.41. The normalized spacial score (nSPS) is 14.8. The minimum atomic E-state index is -0.0554. The van der Waals surface area contributed by atoms with E-state index in [1.54, 1.807) is 0 Å². The number of hydrogen-bond donors (Lipinski definition) is 0. The van der Waals surface area contributed by atoms with E-state index >= 15 is 0 Å². The number of rotatable bonds is 3. The first-order valence-corrected chi connectivity index (χ1v) is 15.6. The third-order valence-corrected chi connectivity index (χ3v) is 9.67. The molecule has 0 saturated heterocycles. The van der Waals surface area contributed by atoms with Gasteiger partial charge in [0.15, 0.2) is 0 Å². The molecule has 0 bridgehead atoms. The summed E-state index contributed by atoms with van der Waals surface area (Å²) in [4.78, 5) is 4.59. The Morgan fingerprint density at radius 2 is 1.11 bits per heavy atom. The van der Waals surface area contributed by atoms with Crippen LogP contribution in [0.2, 0.25) is 0 Å². The second-order valence-corrected chi connectivity index (χ2v) is 12.2. The molecule has 5 aromatic rings. The van der Waals surface area contributed by atoms with Gasteiger partial charge in [-0.25, -0.2) is 0 Å². The van der Waals surface area contributed by atoms with Crippen molar-refractivity contribution in [3.8, 4) is 18.2 Å². The molecule has 8 rings (SSSR count). The maximum absolute atomic E-state index is 9.99. The van der Waals surface area contributed by atoms with Gasteiger partial charge in [-0.3, -0.25) is 0 Å². The molecule has 0 N–H and O–H groups in total. The molecule has 0 unspecified atom stereocenters. The van der Waals surface area contributed by atoms with Gasteiger partial charge in [-0.1, -0.05) is 55.7 Å². The summed E-state index contributed by atoms with van der Waals surface area (Å²) in [6, 6.07) is 42.0. The first-order valence-electron chi connectivity index (χ1n) is 15.6. The van der Waals surface area contributed by atoms with E-state index in [4.69, 9.17) is 0 Å². The zero-order valence-electron chi connectivity index (χ0n) is 24.7. The summed E-state index contributed by atoms with van der Waals surface area (Å²) in [5.41, 5.74) is 12.7. The molecule has 0 aromatic heterocycles. The standard InChI is InChI=1S/C39H28BN5/c41-23-26-8-6-12-31(18-26)44-35-15-5-4-14-33(35)40-34-17-16-28(25-43)20-36(34)45(32-13-7-9-27(19-32)24-42)38-22-30(21-37(44)39(38)40)29-10-2-1-3-11-29/h4-9,12-22,29H,1-3,10-11H2. The monoisotopic (exact) mass is 577 g/mol. The van der Waals surface area contributed by atoms with Gasteiger partial charge < -0.3 is 9.80 Å². The van der Waals surface area contributed by atoms with Gasteiger partial charge in [0.2, 0.25) is 0 Å². The summed E-state index contributed by atoms with van der Waals surface area (Å²) in [6.07, 6.45) is 6.02. The van der Waals surface area contributed by atoms with Crippen LogP contribution >= 0.6 is 0 Å². The lowest BCUT2D eigenvalue weighted by Crippen LogP contribution is -2.61. The average Bonchev–Trinajstić information content (AvgIpc) is 3.11. The van der Waals surface area contributed by atoms with Crippen LogP contribution in [-0.2, 0) is 0 Å². The highest BCUT2D eigenvalue weighted by molar-refractivity contribution is 7.00. The molecule has 0 atom stereocenters. The molecule has 1 fully saturated rings. The largest absolute Gasteiger partial charge is 0.311 e. The van der Waals surface area contributed by atoms with Gasteiger partial charge in [0, 0.05) is 34.1 Å². The topological polar surface area (TPSA) is 77.8 Å². The van der Waals surface area contributed by atoms with Gasteiger partial charge in [0.1, 0.15) is 0 Å². The van der Waals surface area contributed by atoms with E-state index in [0.717, 1.165) is 52.4 Å². The Morgan fingerprint density at radius 3 is 1.76 bits per heavy atom. The molecule has 3 aliphatic rings. The van der Waals surface area contributed by atoms with Crippen molar-refractivity contribution in [3.05, 3.63) is 125 Å². The third-order valence-electron chi connectivity index (χ3n) is 9.67. The van der Waals surface area contributed by atoms with Crippen molar-refractivity contribution in [2.45, 2.75) is 38.0 Å². The fraction of sp³-hybridized carbons (Fsp3) is 0.154.